The Hall–Kier alpha value is 0.330. The molecule has 0 heterocycles. The van der Waals surface area contributed by atoms with Gasteiger partial charge in [-0.1, -0.05) is 34.7 Å². The van der Waals surface area contributed by atoms with Crippen molar-refractivity contribution in [3.05, 3.63) is 35.9 Å². The summed E-state index contributed by atoms with van der Waals surface area (Å²) in [5.41, 5.74) is 1.00. The van der Waals surface area contributed by atoms with Crippen LogP contribution in [0.15, 0.2) is 30.3 Å². The van der Waals surface area contributed by atoms with Crippen molar-refractivity contribution in [3.63, 3.8) is 0 Å². The van der Waals surface area contributed by atoms with E-state index in [9.17, 15) is 0 Å². The third-order valence-corrected chi connectivity index (χ3v) is 2.11. The molecular formula is C10H12NNaS2. The summed E-state index contributed by atoms with van der Waals surface area (Å²) in [5, 5.41) is 3.08. The van der Waals surface area contributed by atoms with E-state index < -0.39 is 0 Å². The van der Waals surface area contributed by atoms with Gasteiger partial charge in [0.25, 0.3) is 0 Å². The molecule has 0 aliphatic carbocycles. The van der Waals surface area contributed by atoms with Crippen LogP contribution in [0.5, 0.6) is 0 Å². The molecule has 0 aliphatic heterocycles. The molecule has 1 aromatic carbocycles. The van der Waals surface area contributed by atoms with E-state index in [0.717, 1.165) is 0 Å². The molecular weight excluding hydrogens is 221 g/mol. The van der Waals surface area contributed by atoms with Crippen LogP contribution in [-0.2, 0) is 18.2 Å². The molecule has 1 rings (SSSR count). The second-order valence-corrected chi connectivity index (χ2v) is 4.48. The van der Waals surface area contributed by atoms with E-state index in [-0.39, 0.29) is 35.1 Å². The van der Waals surface area contributed by atoms with Crippen LogP contribution < -0.4 is 34.9 Å². The third-order valence-electron chi connectivity index (χ3n) is 1.91. The number of hydrogen-bond acceptors (Lipinski definition) is 2. The Bertz CT molecular complexity index is 298. The van der Waals surface area contributed by atoms with Gasteiger partial charge in [-0.2, -0.15) is 0 Å². The maximum absolute atomic E-state index is 4.85. The summed E-state index contributed by atoms with van der Waals surface area (Å²) in [6, 6.07) is 10.1. The molecule has 70 valence electrons. The normalized spacial score (nSPS) is 10.1. The minimum Gasteiger partial charge on any atom is -0.412 e. The summed E-state index contributed by atoms with van der Waals surface area (Å²) in [6.07, 6.45) is 0. The zero-order valence-corrected chi connectivity index (χ0v) is 12.3. The molecule has 0 fully saturated rings. The number of thiocarbonyl (C=S) groups is 1. The van der Waals surface area contributed by atoms with Crippen LogP contribution in [0.4, 0.5) is 0 Å². The van der Waals surface area contributed by atoms with Gasteiger partial charge < -0.3 is 30.2 Å². The number of rotatable bonds is 2. The molecule has 1 N–H and O–H groups in total. The topological polar surface area (TPSA) is 12.0 Å². The van der Waals surface area contributed by atoms with Crippen LogP contribution in [0.1, 0.15) is 19.4 Å². The third kappa shape index (κ3) is 4.24. The molecule has 0 aromatic heterocycles. The quantitative estimate of drug-likeness (QED) is 0.414. The van der Waals surface area contributed by atoms with Gasteiger partial charge >= 0.3 is 29.6 Å². The fourth-order valence-electron chi connectivity index (χ4n) is 1.18. The molecule has 0 atom stereocenters. The van der Waals surface area contributed by atoms with Crippen molar-refractivity contribution in [2.45, 2.75) is 19.4 Å². The molecule has 1 aromatic rings. The summed E-state index contributed by atoms with van der Waals surface area (Å²) < 4.78 is 0.411. The van der Waals surface area contributed by atoms with Crippen LogP contribution in [0, 0.1) is 0 Å². The van der Waals surface area contributed by atoms with Crippen molar-refractivity contribution in [2.75, 3.05) is 0 Å². The summed E-state index contributed by atoms with van der Waals surface area (Å²) in [7, 11) is 0. The number of benzene rings is 1. The van der Waals surface area contributed by atoms with E-state index in [4.69, 9.17) is 24.8 Å². The second-order valence-electron chi connectivity index (χ2n) is 3.40. The zero-order valence-electron chi connectivity index (χ0n) is 8.70. The van der Waals surface area contributed by atoms with Crippen molar-refractivity contribution in [3.8, 4) is 0 Å². The molecule has 0 saturated heterocycles. The number of nitrogens with one attached hydrogen (secondary N) is 1. The van der Waals surface area contributed by atoms with E-state index in [0.29, 0.717) is 4.32 Å². The number of hydrogen-bond donors (Lipinski definition) is 1. The first-order valence-corrected chi connectivity index (χ1v) is 4.89. The molecule has 0 bridgehead atoms. The van der Waals surface area contributed by atoms with Crippen LogP contribution in [0.25, 0.3) is 0 Å². The van der Waals surface area contributed by atoms with Gasteiger partial charge in [0.15, 0.2) is 0 Å². The monoisotopic (exact) mass is 233 g/mol. The van der Waals surface area contributed by atoms with Crippen molar-refractivity contribution in [2.24, 2.45) is 0 Å². The van der Waals surface area contributed by atoms with E-state index in [2.05, 4.69) is 31.3 Å². The molecule has 0 saturated carbocycles. The van der Waals surface area contributed by atoms with E-state index in [1.807, 2.05) is 18.2 Å². The predicted octanol–water partition coefficient (Wildman–Crippen LogP) is -0.653. The average molecular weight is 233 g/mol. The smallest absolute Gasteiger partial charge is 0.412 e. The molecule has 0 aliphatic rings. The van der Waals surface area contributed by atoms with Gasteiger partial charge in [-0.05, 0) is 19.4 Å². The Labute approximate surface area is 118 Å². The van der Waals surface area contributed by atoms with Gasteiger partial charge in [-0.25, -0.2) is 0 Å². The van der Waals surface area contributed by atoms with Crippen molar-refractivity contribution in [1.29, 1.82) is 0 Å². The molecule has 4 heteroatoms. The standard InChI is InChI=1S/C10H13NS2.Na/c1-10(2,11-9(12)13)8-6-4-3-5-7-8;/h3-7H,1-2H3,(H2,11,12,13);/q;+1/p-1. The molecule has 1 nitrogen and oxygen atoms in total. The molecule has 0 amide bonds. The van der Waals surface area contributed by atoms with Gasteiger partial charge in [0.1, 0.15) is 0 Å². The molecule has 0 radical (unpaired) electrons. The second kappa shape index (κ2) is 6.03. The van der Waals surface area contributed by atoms with E-state index >= 15 is 0 Å². The first kappa shape index (κ1) is 14.3. The van der Waals surface area contributed by atoms with Crippen LogP contribution in [0.3, 0.4) is 0 Å². The van der Waals surface area contributed by atoms with Crippen molar-refractivity contribution in [1.82, 2.24) is 5.32 Å². The molecule has 14 heavy (non-hydrogen) atoms. The molecule has 0 unspecified atom stereocenters. The molecule has 0 spiro atoms. The average Bonchev–Trinajstić information content (AvgIpc) is 2.04. The maximum Gasteiger partial charge on any atom is 1.00 e. The van der Waals surface area contributed by atoms with Crippen molar-refractivity contribution >= 4 is 29.2 Å². The van der Waals surface area contributed by atoms with Gasteiger partial charge in [0.2, 0.25) is 0 Å². The van der Waals surface area contributed by atoms with Gasteiger partial charge in [-0.15, -0.1) is 0 Å². The Kier molecular flexibility index (Phi) is 6.17. The van der Waals surface area contributed by atoms with Crippen LogP contribution in [-0.4, -0.2) is 4.32 Å². The largest absolute Gasteiger partial charge is 1.00 e. The van der Waals surface area contributed by atoms with Gasteiger partial charge in [0, 0.05) is 0 Å². The first-order chi connectivity index (χ1) is 6.02. The summed E-state index contributed by atoms with van der Waals surface area (Å²) in [6.45, 7) is 4.11. The SMILES string of the molecule is CC(C)(NC(=S)[S-])c1ccccc1.[Na+]. The summed E-state index contributed by atoms with van der Waals surface area (Å²) >= 11 is 9.69. The van der Waals surface area contributed by atoms with Gasteiger partial charge in [0.05, 0.1) is 5.54 Å². The minimum absolute atomic E-state index is 0. The van der Waals surface area contributed by atoms with Gasteiger partial charge in [-0.3, -0.25) is 0 Å². The summed E-state index contributed by atoms with van der Waals surface area (Å²) in [4.78, 5) is 0. The Morgan fingerprint density at radius 3 is 2.21 bits per heavy atom. The Morgan fingerprint density at radius 2 is 1.79 bits per heavy atom. The minimum atomic E-state index is -0.180. The van der Waals surface area contributed by atoms with E-state index in [1.54, 1.807) is 0 Å². The van der Waals surface area contributed by atoms with Crippen molar-refractivity contribution < 1.29 is 29.6 Å². The van der Waals surface area contributed by atoms with E-state index in [1.165, 1.54) is 5.56 Å². The Morgan fingerprint density at radius 1 is 1.29 bits per heavy atom. The predicted molar refractivity (Wildman–Crippen MR) is 62.6 cm³/mol. The zero-order chi connectivity index (χ0) is 9.90. The fourth-order valence-corrected chi connectivity index (χ4v) is 1.69. The fraction of sp³-hybridized carbons (Fsp3) is 0.300. The van der Waals surface area contributed by atoms with Crippen LogP contribution >= 0.6 is 12.2 Å². The summed E-state index contributed by atoms with van der Waals surface area (Å²) in [5.74, 6) is 0. The first-order valence-electron chi connectivity index (χ1n) is 4.07. The maximum atomic E-state index is 4.85. The van der Waals surface area contributed by atoms with Crippen LogP contribution in [0.2, 0.25) is 0 Å². The Balaban J connectivity index is 0.00000169.